The molecule has 0 spiro atoms. The predicted molar refractivity (Wildman–Crippen MR) is 49.5 cm³/mol. The van der Waals surface area contributed by atoms with Crippen molar-refractivity contribution in [2.24, 2.45) is 17.8 Å². The van der Waals surface area contributed by atoms with Crippen molar-refractivity contribution in [1.29, 1.82) is 0 Å². The minimum atomic E-state index is -0.658. The van der Waals surface area contributed by atoms with Gasteiger partial charge in [-0.15, -0.1) is 0 Å². The van der Waals surface area contributed by atoms with Gasteiger partial charge in [-0.05, 0) is 24.7 Å². The summed E-state index contributed by atoms with van der Waals surface area (Å²) in [6.07, 6.45) is 1.86. The van der Waals surface area contributed by atoms with Crippen molar-refractivity contribution in [3.8, 4) is 0 Å². The van der Waals surface area contributed by atoms with Crippen molar-refractivity contribution in [2.45, 2.75) is 32.8 Å². The molecule has 1 rings (SSSR count). The van der Waals surface area contributed by atoms with Gasteiger partial charge >= 0.3 is 5.97 Å². The van der Waals surface area contributed by atoms with Gasteiger partial charge in [-0.3, -0.25) is 4.79 Å². The molecule has 1 aliphatic carbocycles. The molecule has 0 bridgehead atoms. The van der Waals surface area contributed by atoms with Crippen LogP contribution >= 0.6 is 0 Å². The fraction of sp³-hybridized carbons (Fsp3) is 0.900. The third-order valence-corrected chi connectivity index (χ3v) is 3.17. The molecule has 76 valence electrons. The molecule has 0 saturated heterocycles. The van der Waals surface area contributed by atoms with Gasteiger partial charge in [0, 0.05) is 7.11 Å². The maximum absolute atomic E-state index is 10.9. The number of hydrogen-bond acceptors (Lipinski definition) is 2. The lowest BCUT2D eigenvalue weighted by atomic mass is 9.74. The first kappa shape index (κ1) is 10.5. The van der Waals surface area contributed by atoms with E-state index in [1.807, 2.05) is 6.92 Å². The first-order valence-corrected chi connectivity index (χ1v) is 4.81. The van der Waals surface area contributed by atoms with Crippen molar-refractivity contribution < 1.29 is 14.6 Å². The van der Waals surface area contributed by atoms with Crippen LogP contribution in [0.5, 0.6) is 0 Å². The van der Waals surface area contributed by atoms with Crippen molar-refractivity contribution in [1.82, 2.24) is 0 Å². The van der Waals surface area contributed by atoms with E-state index in [1.54, 1.807) is 7.11 Å². The van der Waals surface area contributed by atoms with E-state index in [1.165, 1.54) is 0 Å². The maximum atomic E-state index is 10.9. The Balaban J connectivity index is 2.61. The standard InChI is InChI=1S/C10H18O3/c1-6-5-9(13-3)7(2)4-8(6)10(11)12/h6-9H,4-5H2,1-3H3,(H,11,12)/t6-,7-,8+,9+/m0/s1. The summed E-state index contributed by atoms with van der Waals surface area (Å²) in [4.78, 5) is 10.9. The number of rotatable bonds is 2. The summed E-state index contributed by atoms with van der Waals surface area (Å²) in [6.45, 7) is 4.06. The zero-order chi connectivity index (χ0) is 10.0. The second-order valence-electron chi connectivity index (χ2n) is 4.14. The average molecular weight is 186 g/mol. The monoisotopic (exact) mass is 186 g/mol. The highest BCUT2D eigenvalue weighted by Crippen LogP contribution is 2.35. The number of carboxylic acids is 1. The Morgan fingerprint density at radius 3 is 2.38 bits per heavy atom. The Labute approximate surface area is 79.1 Å². The molecule has 0 aromatic carbocycles. The second kappa shape index (κ2) is 4.09. The summed E-state index contributed by atoms with van der Waals surface area (Å²) < 4.78 is 5.31. The Kier molecular flexibility index (Phi) is 3.31. The van der Waals surface area contributed by atoms with E-state index in [-0.39, 0.29) is 17.9 Å². The molecule has 1 saturated carbocycles. The van der Waals surface area contributed by atoms with Crippen LogP contribution in [-0.4, -0.2) is 24.3 Å². The summed E-state index contributed by atoms with van der Waals surface area (Å²) in [5, 5.41) is 8.94. The van der Waals surface area contributed by atoms with Crippen LogP contribution < -0.4 is 0 Å². The van der Waals surface area contributed by atoms with Gasteiger partial charge in [0.2, 0.25) is 0 Å². The molecule has 0 amide bonds. The number of ether oxygens (including phenoxy) is 1. The molecule has 1 N–H and O–H groups in total. The Morgan fingerprint density at radius 2 is 1.92 bits per heavy atom. The van der Waals surface area contributed by atoms with E-state index in [0.717, 1.165) is 12.8 Å². The molecule has 1 fully saturated rings. The third-order valence-electron chi connectivity index (χ3n) is 3.17. The minimum absolute atomic E-state index is 0.179. The lowest BCUT2D eigenvalue weighted by Crippen LogP contribution is -2.37. The van der Waals surface area contributed by atoms with Gasteiger partial charge in [-0.25, -0.2) is 0 Å². The van der Waals surface area contributed by atoms with Crippen LogP contribution in [0.3, 0.4) is 0 Å². The largest absolute Gasteiger partial charge is 0.481 e. The molecular weight excluding hydrogens is 168 g/mol. The van der Waals surface area contributed by atoms with Gasteiger partial charge < -0.3 is 9.84 Å². The lowest BCUT2D eigenvalue weighted by Gasteiger charge is -2.35. The lowest BCUT2D eigenvalue weighted by molar-refractivity contribution is -0.147. The summed E-state index contributed by atoms with van der Waals surface area (Å²) in [5.74, 6) is -0.240. The van der Waals surface area contributed by atoms with Gasteiger partial charge in [-0.1, -0.05) is 13.8 Å². The molecule has 0 radical (unpaired) electrons. The van der Waals surface area contributed by atoms with E-state index in [2.05, 4.69) is 6.92 Å². The summed E-state index contributed by atoms with van der Waals surface area (Å²) in [5.41, 5.74) is 0. The molecule has 4 atom stereocenters. The van der Waals surface area contributed by atoms with Crippen LogP contribution in [0.25, 0.3) is 0 Å². The highest BCUT2D eigenvalue weighted by molar-refractivity contribution is 5.70. The Hall–Kier alpha value is -0.570. The fourth-order valence-corrected chi connectivity index (χ4v) is 2.22. The molecule has 0 heterocycles. The van der Waals surface area contributed by atoms with Crippen molar-refractivity contribution >= 4 is 5.97 Å². The molecular formula is C10H18O3. The highest BCUT2D eigenvalue weighted by Gasteiger charge is 2.36. The molecule has 13 heavy (non-hydrogen) atoms. The van der Waals surface area contributed by atoms with E-state index < -0.39 is 5.97 Å². The SMILES string of the molecule is CO[C@@H]1C[C@H](C)[C@H](C(=O)O)C[C@@H]1C. The van der Waals surface area contributed by atoms with Crippen LogP contribution in [-0.2, 0) is 9.53 Å². The van der Waals surface area contributed by atoms with Crippen LogP contribution in [0.15, 0.2) is 0 Å². The summed E-state index contributed by atoms with van der Waals surface area (Å²) >= 11 is 0. The first-order valence-electron chi connectivity index (χ1n) is 4.81. The number of carbonyl (C=O) groups is 1. The zero-order valence-corrected chi connectivity index (χ0v) is 8.49. The van der Waals surface area contributed by atoms with Crippen LogP contribution in [0.4, 0.5) is 0 Å². The number of methoxy groups -OCH3 is 1. The van der Waals surface area contributed by atoms with Crippen LogP contribution in [0, 0.1) is 17.8 Å². The average Bonchev–Trinajstić information content (AvgIpc) is 2.07. The van der Waals surface area contributed by atoms with Crippen molar-refractivity contribution in [3.63, 3.8) is 0 Å². The van der Waals surface area contributed by atoms with Crippen LogP contribution in [0.1, 0.15) is 26.7 Å². The smallest absolute Gasteiger partial charge is 0.306 e. The summed E-state index contributed by atoms with van der Waals surface area (Å²) in [7, 11) is 1.70. The quantitative estimate of drug-likeness (QED) is 0.715. The topological polar surface area (TPSA) is 46.5 Å². The third kappa shape index (κ3) is 2.21. The highest BCUT2D eigenvalue weighted by atomic mass is 16.5. The molecule has 1 aliphatic rings. The Morgan fingerprint density at radius 1 is 1.31 bits per heavy atom. The van der Waals surface area contributed by atoms with E-state index >= 15 is 0 Å². The molecule has 0 unspecified atom stereocenters. The van der Waals surface area contributed by atoms with Gasteiger partial charge in [0.1, 0.15) is 0 Å². The summed E-state index contributed by atoms with van der Waals surface area (Å²) in [6, 6.07) is 0. The van der Waals surface area contributed by atoms with Crippen LogP contribution in [0.2, 0.25) is 0 Å². The van der Waals surface area contributed by atoms with Crippen molar-refractivity contribution in [2.75, 3.05) is 7.11 Å². The normalized spacial score (nSPS) is 40.2. The Bertz CT molecular complexity index is 191. The van der Waals surface area contributed by atoms with Gasteiger partial charge in [-0.2, -0.15) is 0 Å². The van der Waals surface area contributed by atoms with Crippen molar-refractivity contribution in [3.05, 3.63) is 0 Å². The van der Waals surface area contributed by atoms with E-state index in [4.69, 9.17) is 9.84 Å². The number of hydrogen-bond donors (Lipinski definition) is 1. The molecule has 0 aliphatic heterocycles. The maximum Gasteiger partial charge on any atom is 0.306 e. The van der Waals surface area contributed by atoms with E-state index in [9.17, 15) is 4.79 Å². The number of aliphatic carboxylic acids is 1. The predicted octanol–water partition coefficient (Wildman–Crippen LogP) is 1.77. The second-order valence-corrected chi connectivity index (χ2v) is 4.14. The van der Waals surface area contributed by atoms with Gasteiger partial charge in [0.05, 0.1) is 12.0 Å². The number of carboxylic acid groups (broad SMARTS) is 1. The zero-order valence-electron chi connectivity index (χ0n) is 8.49. The molecule has 3 nitrogen and oxygen atoms in total. The van der Waals surface area contributed by atoms with E-state index in [0.29, 0.717) is 5.92 Å². The first-order chi connectivity index (χ1) is 6.06. The molecule has 3 heteroatoms. The fourth-order valence-electron chi connectivity index (χ4n) is 2.22. The van der Waals surface area contributed by atoms with Gasteiger partial charge in [0.15, 0.2) is 0 Å². The molecule has 0 aromatic heterocycles. The minimum Gasteiger partial charge on any atom is -0.481 e. The molecule has 0 aromatic rings. The van der Waals surface area contributed by atoms with Gasteiger partial charge in [0.25, 0.3) is 0 Å².